The Hall–Kier alpha value is -3.77. The first-order valence-electron chi connectivity index (χ1n) is 9.92. The molecule has 0 unspecified atom stereocenters. The molecule has 0 spiro atoms. The fourth-order valence-corrected chi connectivity index (χ4v) is 3.02. The van der Waals surface area contributed by atoms with Crippen LogP contribution >= 0.6 is 0 Å². The molecule has 2 aromatic heterocycles. The number of ether oxygens (including phenoxy) is 1. The summed E-state index contributed by atoms with van der Waals surface area (Å²) in [6.45, 7) is 0.280. The molecule has 2 N–H and O–H groups in total. The van der Waals surface area contributed by atoms with E-state index < -0.39 is 18.8 Å². The number of benzene rings is 1. The Morgan fingerprint density at radius 1 is 1.09 bits per heavy atom. The first-order valence-corrected chi connectivity index (χ1v) is 9.92. The van der Waals surface area contributed by atoms with E-state index in [1.54, 1.807) is 0 Å². The molecule has 0 amide bonds. The van der Waals surface area contributed by atoms with E-state index in [0.717, 1.165) is 12.1 Å². The number of rotatable bonds is 9. The molecule has 180 valence electrons. The fraction of sp³-hybridized carbons (Fsp3) is 0.227. The van der Waals surface area contributed by atoms with Gasteiger partial charge in [0.25, 0.3) is 0 Å². The predicted octanol–water partition coefficient (Wildman–Crippen LogP) is 2.20. The number of furan rings is 2. The average molecular weight is 477 g/mol. The Bertz CT molecular complexity index is 1100. The number of hydrogen-bond donors (Lipinski definition) is 2. The monoisotopic (exact) mass is 477 g/mol. The molecule has 0 bridgehead atoms. The number of nitrogens with zero attached hydrogens (tertiary/aromatic N) is 1. The van der Waals surface area contributed by atoms with Crippen LogP contribution in [-0.4, -0.2) is 56.4 Å². The lowest BCUT2D eigenvalue weighted by Crippen LogP contribution is -2.31. The quantitative estimate of drug-likeness (QED) is 0.271. The van der Waals surface area contributed by atoms with E-state index in [1.165, 1.54) is 43.7 Å². The highest BCUT2D eigenvalue weighted by Crippen LogP contribution is 2.31. The lowest BCUT2D eigenvalue weighted by Gasteiger charge is -2.20. The van der Waals surface area contributed by atoms with E-state index >= 15 is 0 Å². The second kappa shape index (κ2) is 12.5. The van der Waals surface area contributed by atoms with Crippen molar-refractivity contribution < 1.29 is 46.8 Å². The molecule has 0 radical (unpaired) electrons. The topological polar surface area (TPSA) is 130 Å². The molecule has 1 aromatic carbocycles. The molecule has 0 aliphatic heterocycles. The van der Waals surface area contributed by atoms with Crippen molar-refractivity contribution in [2.45, 2.75) is 12.8 Å². The third-order valence-corrected chi connectivity index (χ3v) is 4.67. The van der Waals surface area contributed by atoms with Gasteiger partial charge in [-0.3, -0.25) is 14.4 Å². The van der Waals surface area contributed by atoms with Crippen molar-refractivity contribution >= 4 is 37.0 Å². The molecule has 0 atom stereocenters. The molecule has 3 rings (SSSR count). The molecule has 0 saturated carbocycles. The normalized spacial score (nSPS) is 10.2. The lowest BCUT2D eigenvalue weighted by molar-refractivity contribution is -0.140. The summed E-state index contributed by atoms with van der Waals surface area (Å²) in [5, 5.41) is 17.1. The minimum absolute atomic E-state index is 0.114. The van der Waals surface area contributed by atoms with Crippen molar-refractivity contribution in [3.05, 3.63) is 59.6 Å². The van der Waals surface area contributed by atoms with Crippen molar-refractivity contribution in [3.8, 4) is 11.3 Å². The van der Waals surface area contributed by atoms with E-state index in [1.807, 2.05) is 0 Å². The Morgan fingerprint density at radius 3 is 2.21 bits per heavy atom. The van der Waals surface area contributed by atoms with Crippen LogP contribution in [0.5, 0.6) is 0 Å². The van der Waals surface area contributed by atoms with Crippen molar-refractivity contribution in [1.82, 2.24) is 0 Å². The van der Waals surface area contributed by atoms with Gasteiger partial charge in [-0.05, 0) is 30.7 Å². The summed E-state index contributed by atoms with van der Waals surface area (Å²) in [6.07, 6.45) is 4.12. The van der Waals surface area contributed by atoms with Gasteiger partial charge in [-0.2, -0.15) is 0 Å². The van der Waals surface area contributed by atoms with Crippen LogP contribution < -0.4 is 10.6 Å². The molecule has 2 heterocycles. The number of anilines is 1. The van der Waals surface area contributed by atoms with Gasteiger partial charge in [-0.25, -0.2) is 8.78 Å². The maximum atomic E-state index is 14.3. The molecular weight excluding hydrogens is 455 g/mol. The summed E-state index contributed by atoms with van der Waals surface area (Å²) >= 11 is 0. The maximum absolute atomic E-state index is 14.3. The Morgan fingerprint density at radius 2 is 1.68 bits per heavy atom. The second-order valence-electron chi connectivity index (χ2n) is 6.94. The summed E-state index contributed by atoms with van der Waals surface area (Å²) in [4.78, 5) is 33.5. The van der Waals surface area contributed by atoms with Crippen molar-refractivity contribution in [2.24, 2.45) is 0 Å². The highest BCUT2D eigenvalue weighted by molar-refractivity contribution is 6.58. The first kappa shape index (κ1) is 26.5. The van der Waals surface area contributed by atoms with E-state index in [-0.39, 0.29) is 52.7 Å². The minimum Gasteiger partial charge on any atom is -0.472 e. The number of esters is 1. The van der Waals surface area contributed by atoms with Gasteiger partial charge in [0.05, 0.1) is 30.8 Å². The Kier molecular flexibility index (Phi) is 9.71. The molecule has 9 nitrogen and oxygen atoms in total. The van der Waals surface area contributed by atoms with Gasteiger partial charge in [-0.15, -0.1) is 0 Å². The average Bonchev–Trinajstić information content (AvgIpc) is 3.48. The third-order valence-electron chi connectivity index (χ3n) is 4.67. The molecular formula is C22H22BF2NO8. The van der Waals surface area contributed by atoms with E-state index in [9.17, 15) is 23.2 Å². The largest absolute Gasteiger partial charge is 0.527 e. The first-order chi connectivity index (χ1) is 16.2. The van der Waals surface area contributed by atoms with Gasteiger partial charge >= 0.3 is 13.1 Å². The van der Waals surface area contributed by atoms with Gasteiger partial charge in [0, 0.05) is 25.6 Å². The van der Waals surface area contributed by atoms with Crippen molar-refractivity contribution in [1.29, 1.82) is 0 Å². The number of methoxy groups -OCH3 is 1. The highest BCUT2D eigenvalue weighted by atomic mass is 19.1. The van der Waals surface area contributed by atoms with Gasteiger partial charge < -0.3 is 28.5 Å². The van der Waals surface area contributed by atoms with Crippen LogP contribution in [0.15, 0.2) is 45.6 Å². The molecule has 3 aromatic rings. The molecule has 12 heteroatoms. The molecule has 0 saturated heterocycles. The highest BCUT2D eigenvalue weighted by Gasteiger charge is 2.20. The number of hydrogen-bond acceptors (Lipinski definition) is 9. The zero-order valence-corrected chi connectivity index (χ0v) is 18.4. The summed E-state index contributed by atoms with van der Waals surface area (Å²) < 4.78 is 42.9. The Balaban J connectivity index is 0.000000340. The van der Waals surface area contributed by atoms with Gasteiger partial charge in [0.1, 0.15) is 28.7 Å². The summed E-state index contributed by atoms with van der Waals surface area (Å²) in [5.74, 6) is -1.82. The maximum Gasteiger partial charge on any atom is 0.527 e. The SMILES string of the molecule is COC(=O)CCCN(C)c1c(F)cc(-c2occc2C=O)cc1F.O=Cc1ccoc1B(O)O. The van der Waals surface area contributed by atoms with Crippen LogP contribution in [0.1, 0.15) is 33.6 Å². The predicted molar refractivity (Wildman–Crippen MR) is 118 cm³/mol. The minimum atomic E-state index is -1.71. The van der Waals surface area contributed by atoms with Crippen molar-refractivity contribution in [2.75, 3.05) is 25.6 Å². The van der Waals surface area contributed by atoms with Gasteiger partial charge in [-0.1, -0.05) is 0 Å². The molecule has 0 aliphatic carbocycles. The lowest BCUT2D eigenvalue weighted by atomic mass is 9.85. The van der Waals surface area contributed by atoms with Gasteiger partial charge in [0.15, 0.2) is 12.6 Å². The van der Waals surface area contributed by atoms with Crippen molar-refractivity contribution in [3.63, 3.8) is 0 Å². The fourth-order valence-electron chi connectivity index (χ4n) is 3.02. The molecule has 34 heavy (non-hydrogen) atoms. The molecule has 0 fully saturated rings. The number of carbonyl (C=O) groups is 3. The van der Waals surface area contributed by atoms with Crippen LogP contribution in [0.25, 0.3) is 11.3 Å². The zero-order chi connectivity index (χ0) is 25.3. The van der Waals surface area contributed by atoms with Crippen LogP contribution in [-0.2, 0) is 9.53 Å². The van der Waals surface area contributed by atoms with Crippen LogP contribution in [0.2, 0.25) is 0 Å². The number of carbonyl (C=O) groups excluding carboxylic acids is 3. The summed E-state index contributed by atoms with van der Waals surface area (Å²) in [5.41, 5.74) is 0.199. The molecule has 0 aliphatic rings. The zero-order valence-electron chi connectivity index (χ0n) is 18.4. The van der Waals surface area contributed by atoms with E-state index in [4.69, 9.17) is 14.5 Å². The van der Waals surface area contributed by atoms with E-state index in [0.29, 0.717) is 19.0 Å². The standard InChI is InChI=1S/C17H17F2NO4.C5H5BO4/c1-20(6-3-4-15(22)23-2)16-13(18)8-12(9-14(16)19)17-11(10-21)5-7-24-17;7-3-4-1-2-10-5(4)6(8)9/h5,7-10H,3-4,6H2,1-2H3;1-3,8-9H. The smallest absolute Gasteiger partial charge is 0.472 e. The summed E-state index contributed by atoms with van der Waals surface area (Å²) in [7, 11) is 1.10. The second-order valence-corrected chi connectivity index (χ2v) is 6.94. The van der Waals surface area contributed by atoms with E-state index in [2.05, 4.69) is 9.15 Å². The summed E-state index contributed by atoms with van der Waals surface area (Å²) in [6, 6.07) is 5.01. The van der Waals surface area contributed by atoms with Gasteiger partial charge in [0.2, 0.25) is 0 Å². The van der Waals surface area contributed by atoms with Crippen LogP contribution in [0.4, 0.5) is 14.5 Å². The number of aldehydes is 2. The van der Waals surface area contributed by atoms with Crippen LogP contribution in [0.3, 0.4) is 0 Å². The third kappa shape index (κ3) is 6.62. The number of halogens is 2. The Labute approximate surface area is 193 Å². The van der Waals surface area contributed by atoms with Crippen LogP contribution in [0, 0.1) is 11.6 Å².